The second-order valence-corrected chi connectivity index (χ2v) is 5.75. The van der Waals surface area contributed by atoms with Crippen molar-refractivity contribution < 1.29 is 0 Å². The number of hydrogen-bond donors (Lipinski definition) is 2. The first-order valence-electron chi connectivity index (χ1n) is 6.34. The van der Waals surface area contributed by atoms with Crippen LogP contribution in [0.4, 0.5) is 0 Å². The monoisotopic (exact) mass is 341 g/mol. The quantitative estimate of drug-likeness (QED) is 0.590. The number of hydrazine groups is 1. The van der Waals surface area contributed by atoms with Gasteiger partial charge >= 0.3 is 0 Å². The van der Waals surface area contributed by atoms with Crippen molar-refractivity contribution in [3.63, 3.8) is 0 Å². The fourth-order valence-electron chi connectivity index (χ4n) is 2.06. The predicted octanol–water partition coefficient (Wildman–Crippen LogP) is 0.493. The highest BCUT2D eigenvalue weighted by Gasteiger charge is 2.24. The van der Waals surface area contributed by atoms with Gasteiger partial charge in [0.2, 0.25) is 0 Å². The highest BCUT2D eigenvalue weighted by molar-refractivity contribution is 9.10. The Kier molecular flexibility index (Phi) is 4.92. The Morgan fingerprint density at radius 2 is 2.25 bits per heavy atom. The lowest BCUT2D eigenvalue weighted by molar-refractivity contribution is 0.364. The first kappa shape index (κ1) is 15.2. The summed E-state index contributed by atoms with van der Waals surface area (Å²) in [6.45, 7) is 1.69. The van der Waals surface area contributed by atoms with E-state index in [2.05, 4.69) is 36.3 Å². The van der Waals surface area contributed by atoms with Gasteiger partial charge in [-0.15, -0.1) is 0 Å². The van der Waals surface area contributed by atoms with E-state index in [9.17, 15) is 0 Å². The molecule has 20 heavy (non-hydrogen) atoms. The van der Waals surface area contributed by atoms with Gasteiger partial charge in [0, 0.05) is 26.0 Å². The number of nitrogens with one attached hydrogen (secondary N) is 1. The number of nitrogens with two attached hydrogens (primary N) is 1. The molecular weight excluding hydrogens is 322 g/mol. The Bertz CT molecular complexity index is 560. The molecule has 0 aliphatic rings. The topological polar surface area (TPSA) is 76.9 Å². The predicted molar refractivity (Wildman–Crippen MR) is 80.9 cm³/mol. The van der Waals surface area contributed by atoms with Crippen LogP contribution in [-0.4, -0.2) is 44.9 Å². The number of imidazole rings is 1. The summed E-state index contributed by atoms with van der Waals surface area (Å²) in [6, 6.07) is -0.214. The SMILES string of the molecule is CN(C)CCn1ncc(Br)c1C(NN)c1nccn1C. The van der Waals surface area contributed by atoms with Crippen molar-refractivity contribution >= 4 is 15.9 Å². The lowest BCUT2D eigenvalue weighted by atomic mass is 10.2. The molecule has 3 N–H and O–H groups in total. The van der Waals surface area contributed by atoms with Crippen LogP contribution in [0.3, 0.4) is 0 Å². The molecule has 2 rings (SSSR count). The molecule has 1 unspecified atom stereocenters. The Balaban J connectivity index is 2.34. The van der Waals surface area contributed by atoms with Crippen LogP contribution < -0.4 is 11.3 Å². The van der Waals surface area contributed by atoms with E-state index in [1.807, 2.05) is 36.6 Å². The molecule has 0 amide bonds. The van der Waals surface area contributed by atoms with E-state index in [1.54, 1.807) is 12.4 Å². The third-order valence-electron chi connectivity index (χ3n) is 3.15. The molecule has 0 aliphatic heterocycles. The van der Waals surface area contributed by atoms with E-state index < -0.39 is 0 Å². The maximum atomic E-state index is 5.74. The molecule has 0 aliphatic carbocycles. The number of aromatic nitrogens is 4. The summed E-state index contributed by atoms with van der Waals surface area (Å²) in [5.41, 5.74) is 3.80. The van der Waals surface area contributed by atoms with Gasteiger partial charge in [0.1, 0.15) is 11.9 Å². The van der Waals surface area contributed by atoms with Gasteiger partial charge in [-0.3, -0.25) is 10.5 Å². The van der Waals surface area contributed by atoms with Crippen molar-refractivity contribution in [2.75, 3.05) is 20.6 Å². The molecule has 8 heteroatoms. The van der Waals surface area contributed by atoms with Gasteiger partial charge in [0.05, 0.1) is 22.9 Å². The van der Waals surface area contributed by atoms with Crippen LogP contribution in [0.25, 0.3) is 0 Å². The number of likely N-dealkylation sites (N-methyl/N-ethyl adjacent to an activating group) is 1. The Hall–Kier alpha value is -1.22. The van der Waals surface area contributed by atoms with Gasteiger partial charge in [-0.25, -0.2) is 10.4 Å². The van der Waals surface area contributed by atoms with Crippen molar-refractivity contribution in [3.8, 4) is 0 Å². The Morgan fingerprint density at radius 3 is 2.80 bits per heavy atom. The summed E-state index contributed by atoms with van der Waals surface area (Å²) in [6.07, 6.45) is 5.44. The van der Waals surface area contributed by atoms with Gasteiger partial charge in [-0.05, 0) is 30.0 Å². The molecule has 110 valence electrons. The van der Waals surface area contributed by atoms with Crippen molar-refractivity contribution in [2.24, 2.45) is 12.9 Å². The summed E-state index contributed by atoms with van der Waals surface area (Å²) in [4.78, 5) is 6.48. The van der Waals surface area contributed by atoms with Crippen molar-refractivity contribution in [1.82, 2.24) is 29.7 Å². The molecule has 0 saturated carbocycles. The molecule has 1 atom stereocenters. The van der Waals surface area contributed by atoms with Crippen LogP contribution in [0.2, 0.25) is 0 Å². The molecule has 0 radical (unpaired) electrons. The third-order valence-corrected chi connectivity index (χ3v) is 3.76. The number of hydrogen-bond acceptors (Lipinski definition) is 5. The maximum absolute atomic E-state index is 5.74. The lowest BCUT2D eigenvalue weighted by Crippen LogP contribution is -2.33. The standard InChI is InChI=1S/C12H20BrN7/c1-18(2)6-7-20-11(9(13)8-16-20)10(17-14)12-15-4-5-19(12)3/h4-5,8,10,17H,6-7,14H2,1-3H3. The van der Waals surface area contributed by atoms with E-state index in [0.717, 1.165) is 29.1 Å². The van der Waals surface area contributed by atoms with E-state index in [1.165, 1.54) is 0 Å². The summed E-state index contributed by atoms with van der Waals surface area (Å²) >= 11 is 3.55. The zero-order valence-corrected chi connectivity index (χ0v) is 13.5. The zero-order chi connectivity index (χ0) is 14.7. The largest absolute Gasteiger partial charge is 0.336 e. The highest BCUT2D eigenvalue weighted by atomic mass is 79.9. The summed E-state index contributed by atoms with van der Waals surface area (Å²) < 4.78 is 4.81. The second-order valence-electron chi connectivity index (χ2n) is 4.90. The summed E-state index contributed by atoms with van der Waals surface area (Å²) in [7, 11) is 6.02. The highest BCUT2D eigenvalue weighted by Crippen LogP contribution is 2.27. The minimum Gasteiger partial charge on any atom is -0.336 e. The minimum absolute atomic E-state index is 0.214. The second kappa shape index (κ2) is 6.49. The summed E-state index contributed by atoms with van der Waals surface area (Å²) in [5.74, 6) is 6.59. The van der Waals surface area contributed by atoms with Gasteiger partial charge in [0.15, 0.2) is 0 Å². The van der Waals surface area contributed by atoms with Crippen LogP contribution in [0, 0.1) is 0 Å². The van der Waals surface area contributed by atoms with Crippen molar-refractivity contribution in [2.45, 2.75) is 12.6 Å². The number of nitrogens with zero attached hydrogens (tertiary/aromatic N) is 5. The van der Waals surface area contributed by atoms with E-state index in [0.29, 0.717) is 0 Å². The fraction of sp³-hybridized carbons (Fsp3) is 0.500. The normalized spacial score (nSPS) is 13.1. The summed E-state index contributed by atoms with van der Waals surface area (Å²) in [5, 5.41) is 4.41. The molecule has 2 heterocycles. The average Bonchev–Trinajstić information content (AvgIpc) is 2.97. The molecule has 0 fully saturated rings. The molecule has 0 aromatic carbocycles. The Labute approximate surface area is 126 Å². The molecule has 0 saturated heterocycles. The van der Waals surface area contributed by atoms with Crippen LogP contribution in [0.5, 0.6) is 0 Å². The number of halogens is 1. The minimum atomic E-state index is -0.214. The number of rotatable bonds is 6. The van der Waals surface area contributed by atoms with Crippen molar-refractivity contribution in [1.29, 1.82) is 0 Å². The van der Waals surface area contributed by atoms with Gasteiger partial charge < -0.3 is 9.47 Å². The Morgan fingerprint density at radius 1 is 1.50 bits per heavy atom. The molecule has 2 aromatic rings. The van der Waals surface area contributed by atoms with Crippen LogP contribution in [0.15, 0.2) is 23.1 Å². The average molecular weight is 342 g/mol. The first-order valence-corrected chi connectivity index (χ1v) is 7.13. The molecule has 7 nitrogen and oxygen atoms in total. The van der Waals surface area contributed by atoms with Crippen LogP contribution in [-0.2, 0) is 13.6 Å². The third kappa shape index (κ3) is 3.09. The number of aryl methyl sites for hydroxylation is 1. The fourth-order valence-corrected chi connectivity index (χ4v) is 2.59. The van der Waals surface area contributed by atoms with Crippen LogP contribution in [0.1, 0.15) is 17.6 Å². The van der Waals surface area contributed by atoms with E-state index >= 15 is 0 Å². The smallest absolute Gasteiger partial charge is 0.133 e. The molecule has 0 spiro atoms. The molecule has 0 bridgehead atoms. The van der Waals surface area contributed by atoms with Gasteiger partial charge in [-0.2, -0.15) is 5.10 Å². The first-order chi connectivity index (χ1) is 9.54. The van der Waals surface area contributed by atoms with Gasteiger partial charge in [0.25, 0.3) is 0 Å². The maximum Gasteiger partial charge on any atom is 0.133 e. The molecule has 2 aromatic heterocycles. The molecular formula is C12H20BrN7. The van der Waals surface area contributed by atoms with Gasteiger partial charge in [-0.1, -0.05) is 0 Å². The van der Waals surface area contributed by atoms with E-state index in [4.69, 9.17) is 5.84 Å². The van der Waals surface area contributed by atoms with Crippen LogP contribution >= 0.6 is 15.9 Å². The van der Waals surface area contributed by atoms with E-state index in [-0.39, 0.29) is 6.04 Å². The zero-order valence-electron chi connectivity index (χ0n) is 11.9. The van der Waals surface area contributed by atoms with Crippen molar-refractivity contribution in [3.05, 3.63) is 34.6 Å². The lowest BCUT2D eigenvalue weighted by Gasteiger charge is -2.19.